The van der Waals surface area contributed by atoms with E-state index < -0.39 is 5.97 Å². The Morgan fingerprint density at radius 3 is 2.63 bits per heavy atom. The van der Waals surface area contributed by atoms with Gasteiger partial charge in [0.1, 0.15) is 0 Å². The van der Waals surface area contributed by atoms with Crippen molar-refractivity contribution in [1.29, 1.82) is 0 Å². The van der Waals surface area contributed by atoms with Gasteiger partial charge in [-0.2, -0.15) is 0 Å². The van der Waals surface area contributed by atoms with Gasteiger partial charge in [0.2, 0.25) is 0 Å². The zero-order chi connectivity index (χ0) is 13.7. The quantitative estimate of drug-likeness (QED) is 0.788. The summed E-state index contributed by atoms with van der Waals surface area (Å²) in [5, 5.41) is 12.4. The number of allylic oxidation sites excluding steroid dienone is 2. The topological polar surface area (TPSA) is 49.3 Å². The Labute approximate surface area is 114 Å². The third kappa shape index (κ3) is 3.60. The molecule has 1 aliphatic carbocycles. The Morgan fingerprint density at radius 2 is 2.11 bits per heavy atom. The lowest BCUT2D eigenvalue weighted by atomic mass is 9.86. The van der Waals surface area contributed by atoms with Crippen LogP contribution in [0.5, 0.6) is 0 Å². The molecule has 2 atom stereocenters. The zero-order valence-corrected chi connectivity index (χ0v) is 11.3. The summed E-state index contributed by atoms with van der Waals surface area (Å²) in [5.41, 5.74) is 1.34. The van der Waals surface area contributed by atoms with E-state index >= 15 is 0 Å². The van der Waals surface area contributed by atoms with E-state index in [2.05, 4.69) is 24.4 Å². The molecule has 0 spiro atoms. The van der Waals surface area contributed by atoms with Gasteiger partial charge in [-0.25, -0.2) is 4.79 Å². The number of aromatic carboxylic acids is 1. The molecule has 1 aliphatic rings. The van der Waals surface area contributed by atoms with Gasteiger partial charge in [-0.15, -0.1) is 0 Å². The number of hydrogen-bond donors (Lipinski definition) is 2. The lowest BCUT2D eigenvalue weighted by Crippen LogP contribution is -2.29. The van der Waals surface area contributed by atoms with Gasteiger partial charge in [0.05, 0.1) is 5.56 Å². The first kappa shape index (κ1) is 13.7. The predicted molar refractivity (Wildman–Crippen MR) is 77.6 cm³/mol. The van der Waals surface area contributed by atoms with E-state index in [1.807, 2.05) is 12.1 Å². The lowest BCUT2D eigenvalue weighted by molar-refractivity contribution is 0.0697. The Hall–Kier alpha value is -1.77. The maximum Gasteiger partial charge on any atom is 0.335 e. The van der Waals surface area contributed by atoms with Crippen LogP contribution in [0.15, 0.2) is 36.4 Å². The standard InChI is InChI=1S/C16H21NO2/c1-2-15(12-6-4-3-5-7-12)17-14-10-8-13(9-11-14)16(18)19/h3-4,8-12,15,17H,2,5-7H2,1H3,(H,18,19). The molecule has 0 radical (unpaired) electrons. The molecule has 1 aromatic carbocycles. The highest BCUT2D eigenvalue weighted by Gasteiger charge is 2.20. The second-order valence-corrected chi connectivity index (χ2v) is 5.09. The molecular weight excluding hydrogens is 238 g/mol. The van der Waals surface area contributed by atoms with E-state index in [1.54, 1.807) is 12.1 Å². The van der Waals surface area contributed by atoms with Crippen LogP contribution in [0, 0.1) is 5.92 Å². The fourth-order valence-electron chi connectivity index (χ4n) is 2.66. The van der Waals surface area contributed by atoms with Crippen molar-refractivity contribution in [1.82, 2.24) is 0 Å². The van der Waals surface area contributed by atoms with E-state index in [0.29, 0.717) is 17.5 Å². The molecular formula is C16H21NO2. The van der Waals surface area contributed by atoms with Crippen LogP contribution in [0.2, 0.25) is 0 Å². The van der Waals surface area contributed by atoms with Crippen molar-refractivity contribution in [2.45, 2.75) is 38.6 Å². The lowest BCUT2D eigenvalue weighted by Gasteiger charge is -2.29. The number of carboxylic acids is 1. The number of carbonyl (C=O) groups is 1. The summed E-state index contributed by atoms with van der Waals surface area (Å²) in [6.07, 6.45) is 9.14. The summed E-state index contributed by atoms with van der Waals surface area (Å²) in [6.45, 7) is 2.20. The van der Waals surface area contributed by atoms with E-state index in [0.717, 1.165) is 18.5 Å². The van der Waals surface area contributed by atoms with Crippen LogP contribution >= 0.6 is 0 Å². The van der Waals surface area contributed by atoms with Crippen LogP contribution < -0.4 is 5.32 Å². The Balaban J connectivity index is 2.01. The third-order valence-corrected chi connectivity index (χ3v) is 3.80. The maximum absolute atomic E-state index is 10.8. The van der Waals surface area contributed by atoms with Crippen molar-refractivity contribution >= 4 is 11.7 Å². The average molecular weight is 259 g/mol. The highest BCUT2D eigenvalue weighted by atomic mass is 16.4. The Kier molecular flexibility index (Phi) is 4.61. The molecule has 2 rings (SSSR count). The molecule has 3 nitrogen and oxygen atoms in total. The maximum atomic E-state index is 10.8. The highest BCUT2D eigenvalue weighted by Crippen LogP contribution is 2.26. The van der Waals surface area contributed by atoms with Crippen molar-refractivity contribution in [3.8, 4) is 0 Å². The van der Waals surface area contributed by atoms with E-state index in [1.165, 1.54) is 12.8 Å². The predicted octanol–water partition coefficient (Wildman–Crippen LogP) is 3.93. The van der Waals surface area contributed by atoms with Crippen molar-refractivity contribution in [2.75, 3.05) is 5.32 Å². The fourth-order valence-corrected chi connectivity index (χ4v) is 2.66. The second-order valence-electron chi connectivity index (χ2n) is 5.09. The molecule has 0 aromatic heterocycles. The first-order valence-corrected chi connectivity index (χ1v) is 6.95. The summed E-state index contributed by atoms with van der Waals surface area (Å²) < 4.78 is 0. The molecule has 0 saturated heterocycles. The molecule has 2 unspecified atom stereocenters. The number of carboxylic acid groups (broad SMARTS) is 1. The van der Waals surface area contributed by atoms with E-state index in [-0.39, 0.29) is 0 Å². The van der Waals surface area contributed by atoms with Gasteiger partial charge in [-0.05, 0) is 55.9 Å². The van der Waals surface area contributed by atoms with Crippen LogP contribution in [-0.2, 0) is 0 Å². The number of hydrogen-bond acceptors (Lipinski definition) is 2. The highest BCUT2D eigenvalue weighted by molar-refractivity contribution is 5.87. The number of rotatable bonds is 5. The fraction of sp³-hybridized carbons (Fsp3) is 0.438. The first-order valence-electron chi connectivity index (χ1n) is 6.95. The van der Waals surface area contributed by atoms with Crippen LogP contribution in [-0.4, -0.2) is 17.1 Å². The summed E-state index contributed by atoms with van der Waals surface area (Å²) in [5.74, 6) is -0.204. The van der Waals surface area contributed by atoms with Gasteiger partial charge < -0.3 is 10.4 Å². The van der Waals surface area contributed by atoms with Gasteiger partial charge in [0.15, 0.2) is 0 Å². The van der Waals surface area contributed by atoms with Crippen molar-refractivity contribution in [3.63, 3.8) is 0 Å². The monoisotopic (exact) mass is 259 g/mol. The molecule has 102 valence electrons. The summed E-state index contributed by atoms with van der Waals surface area (Å²) in [4.78, 5) is 10.8. The summed E-state index contributed by atoms with van der Waals surface area (Å²) >= 11 is 0. The number of anilines is 1. The van der Waals surface area contributed by atoms with E-state index in [4.69, 9.17) is 5.11 Å². The van der Waals surface area contributed by atoms with Gasteiger partial charge in [0, 0.05) is 11.7 Å². The van der Waals surface area contributed by atoms with Gasteiger partial charge >= 0.3 is 5.97 Å². The van der Waals surface area contributed by atoms with Crippen molar-refractivity contribution in [3.05, 3.63) is 42.0 Å². The molecule has 0 heterocycles. The molecule has 0 bridgehead atoms. The Morgan fingerprint density at radius 1 is 1.37 bits per heavy atom. The average Bonchev–Trinajstić information content (AvgIpc) is 2.46. The number of nitrogens with one attached hydrogen (secondary N) is 1. The molecule has 19 heavy (non-hydrogen) atoms. The minimum atomic E-state index is -0.879. The Bertz CT molecular complexity index is 450. The summed E-state index contributed by atoms with van der Waals surface area (Å²) in [6, 6.07) is 7.46. The van der Waals surface area contributed by atoms with Gasteiger partial charge in [-0.3, -0.25) is 0 Å². The van der Waals surface area contributed by atoms with Crippen molar-refractivity contribution < 1.29 is 9.90 Å². The van der Waals surface area contributed by atoms with Crippen LogP contribution in [0.1, 0.15) is 43.0 Å². The molecule has 0 aliphatic heterocycles. The molecule has 0 saturated carbocycles. The minimum Gasteiger partial charge on any atom is -0.478 e. The van der Waals surface area contributed by atoms with Crippen LogP contribution in [0.3, 0.4) is 0 Å². The van der Waals surface area contributed by atoms with Crippen molar-refractivity contribution in [2.24, 2.45) is 5.92 Å². The normalized spacial score (nSPS) is 19.9. The van der Waals surface area contributed by atoms with Gasteiger partial charge in [0.25, 0.3) is 0 Å². The zero-order valence-electron chi connectivity index (χ0n) is 11.3. The van der Waals surface area contributed by atoms with Gasteiger partial charge in [-0.1, -0.05) is 19.1 Å². The smallest absolute Gasteiger partial charge is 0.335 e. The van der Waals surface area contributed by atoms with Crippen LogP contribution in [0.4, 0.5) is 5.69 Å². The van der Waals surface area contributed by atoms with Crippen LogP contribution in [0.25, 0.3) is 0 Å². The third-order valence-electron chi connectivity index (χ3n) is 3.80. The molecule has 2 N–H and O–H groups in total. The molecule has 3 heteroatoms. The molecule has 0 fully saturated rings. The first-order chi connectivity index (χ1) is 9.20. The van der Waals surface area contributed by atoms with E-state index in [9.17, 15) is 4.79 Å². The molecule has 0 amide bonds. The molecule has 1 aromatic rings. The SMILES string of the molecule is CCC(Nc1ccc(C(=O)O)cc1)C1CC=CCC1. The second kappa shape index (κ2) is 6.41. The number of benzene rings is 1. The summed E-state index contributed by atoms with van der Waals surface area (Å²) in [7, 11) is 0. The largest absolute Gasteiger partial charge is 0.478 e. The minimum absolute atomic E-state index is 0.333.